The highest BCUT2D eigenvalue weighted by Crippen LogP contribution is 2.31. The molecule has 0 bridgehead atoms. The summed E-state index contributed by atoms with van der Waals surface area (Å²) in [7, 11) is 0. The van der Waals surface area contributed by atoms with Crippen LogP contribution in [0.15, 0.2) is 57.6 Å². The molecule has 0 aliphatic heterocycles. The molecule has 3 rings (SSSR count). The Morgan fingerprint density at radius 2 is 1.68 bits per heavy atom. The maximum atomic E-state index is 9.13. The lowest BCUT2D eigenvalue weighted by Gasteiger charge is -2.01. The molecule has 0 aliphatic rings. The van der Waals surface area contributed by atoms with Crippen molar-refractivity contribution in [3.8, 4) is 6.07 Å². The largest absolute Gasteiger partial charge is 0.453 e. The van der Waals surface area contributed by atoms with Crippen molar-refractivity contribution in [2.45, 2.75) is 6.42 Å². The average molecular weight is 312 g/mol. The predicted molar refractivity (Wildman–Crippen MR) is 77.9 cm³/mol. The number of furan rings is 1. The first-order chi connectivity index (χ1) is 9.29. The van der Waals surface area contributed by atoms with Crippen molar-refractivity contribution in [2.75, 3.05) is 0 Å². The molecule has 1 heterocycles. The molecule has 0 amide bonds. The van der Waals surface area contributed by atoms with Crippen molar-refractivity contribution in [1.82, 2.24) is 0 Å². The Morgan fingerprint density at radius 3 is 2.47 bits per heavy atom. The molecular weight excluding hydrogens is 302 g/mol. The number of fused-ring (bicyclic) bond motifs is 1. The summed E-state index contributed by atoms with van der Waals surface area (Å²) in [6.07, 6.45) is 0.621. The van der Waals surface area contributed by atoms with Gasteiger partial charge < -0.3 is 4.42 Å². The van der Waals surface area contributed by atoms with Gasteiger partial charge >= 0.3 is 0 Å². The summed E-state index contributed by atoms with van der Waals surface area (Å²) in [6, 6.07) is 17.8. The zero-order valence-corrected chi connectivity index (χ0v) is 11.6. The van der Waals surface area contributed by atoms with Crippen LogP contribution in [0.5, 0.6) is 0 Å². The van der Waals surface area contributed by atoms with Crippen LogP contribution in [-0.4, -0.2) is 0 Å². The minimum absolute atomic E-state index is 0.621. The molecular formula is C16H10BrNO. The Kier molecular flexibility index (Phi) is 3.10. The third kappa shape index (κ3) is 2.16. The van der Waals surface area contributed by atoms with E-state index in [0.717, 1.165) is 26.8 Å². The smallest absolute Gasteiger partial charge is 0.177 e. The molecule has 0 atom stereocenters. The second-order valence-electron chi connectivity index (χ2n) is 4.29. The highest BCUT2D eigenvalue weighted by atomic mass is 79.9. The molecule has 0 fully saturated rings. The lowest BCUT2D eigenvalue weighted by atomic mass is 10.0. The van der Waals surface area contributed by atoms with Gasteiger partial charge in [-0.05, 0) is 33.6 Å². The van der Waals surface area contributed by atoms with Gasteiger partial charge in [0, 0.05) is 17.2 Å². The van der Waals surface area contributed by atoms with Gasteiger partial charge in [-0.1, -0.05) is 36.4 Å². The molecule has 3 heteroatoms. The van der Waals surface area contributed by atoms with Crippen molar-refractivity contribution < 1.29 is 4.42 Å². The quantitative estimate of drug-likeness (QED) is 0.690. The summed E-state index contributed by atoms with van der Waals surface area (Å²) >= 11 is 3.43. The van der Waals surface area contributed by atoms with E-state index in [2.05, 4.69) is 22.0 Å². The van der Waals surface area contributed by atoms with Gasteiger partial charge in [0.15, 0.2) is 4.67 Å². The summed E-state index contributed by atoms with van der Waals surface area (Å²) in [4.78, 5) is 0. The van der Waals surface area contributed by atoms with Gasteiger partial charge in [0.1, 0.15) is 5.76 Å². The van der Waals surface area contributed by atoms with Crippen molar-refractivity contribution in [1.29, 1.82) is 5.26 Å². The Hall–Kier alpha value is -2.05. The fraction of sp³-hybridized carbons (Fsp3) is 0.0625. The van der Waals surface area contributed by atoms with Crippen molar-refractivity contribution in [3.05, 3.63) is 70.1 Å². The van der Waals surface area contributed by atoms with Gasteiger partial charge in [-0.2, -0.15) is 5.26 Å². The molecule has 1 aromatic heterocycles. The summed E-state index contributed by atoms with van der Waals surface area (Å²) in [5.74, 6) is 0.880. The maximum Gasteiger partial charge on any atom is 0.177 e. The SMILES string of the molecule is N#Cc1ccccc1Cc1oc(Br)c2ccccc12. The second-order valence-corrected chi connectivity index (χ2v) is 5.01. The van der Waals surface area contributed by atoms with E-state index >= 15 is 0 Å². The molecule has 0 radical (unpaired) electrons. The van der Waals surface area contributed by atoms with Crippen LogP contribution >= 0.6 is 15.9 Å². The monoisotopic (exact) mass is 311 g/mol. The van der Waals surface area contributed by atoms with Gasteiger partial charge in [0.25, 0.3) is 0 Å². The fourth-order valence-corrected chi connectivity index (χ4v) is 2.74. The summed E-state index contributed by atoms with van der Waals surface area (Å²) < 4.78 is 6.52. The van der Waals surface area contributed by atoms with E-state index in [9.17, 15) is 0 Å². The minimum Gasteiger partial charge on any atom is -0.453 e. The Labute approximate surface area is 119 Å². The number of benzene rings is 2. The van der Waals surface area contributed by atoms with E-state index in [0.29, 0.717) is 12.0 Å². The van der Waals surface area contributed by atoms with E-state index < -0.39 is 0 Å². The highest BCUT2D eigenvalue weighted by molar-refractivity contribution is 9.10. The molecule has 2 nitrogen and oxygen atoms in total. The van der Waals surface area contributed by atoms with Crippen LogP contribution in [0.4, 0.5) is 0 Å². The van der Waals surface area contributed by atoms with Crippen molar-refractivity contribution >= 4 is 26.7 Å². The van der Waals surface area contributed by atoms with E-state index in [1.165, 1.54) is 0 Å². The van der Waals surface area contributed by atoms with Gasteiger partial charge in [-0.25, -0.2) is 0 Å². The maximum absolute atomic E-state index is 9.13. The van der Waals surface area contributed by atoms with Crippen LogP contribution in [0.25, 0.3) is 10.8 Å². The Bertz CT molecular complexity index is 783. The molecule has 19 heavy (non-hydrogen) atoms. The third-order valence-electron chi connectivity index (χ3n) is 3.14. The summed E-state index contributed by atoms with van der Waals surface area (Å²) in [5.41, 5.74) is 1.68. The number of hydrogen-bond acceptors (Lipinski definition) is 2. The Morgan fingerprint density at radius 1 is 1.00 bits per heavy atom. The number of nitrogens with zero attached hydrogens (tertiary/aromatic N) is 1. The van der Waals surface area contributed by atoms with Gasteiger partial charge in [0.05, 0.1) is 11.6 Å². The molecule has 92 valence electrons. The summed E-state index contributed by atoms with van der Waals surface area (Å²) in [5, 5.41) is 11.3. The summed E-state index contributed by atoms with van der Waals surface area (Å²) in [6.45, 7) is 0. The number of halogens is 1. The first-order valence-electron chi connectivity index (χ1n) is 5.93. The van der Waals surface area contributed by atoms with Crippen LogP contribution in [0.2, 0.25) is 0 Å². The molecule has 0 unspecified atom stereocenters. The van der Waals surface area contributed by atoms with Gasteiger partial charge in [0.2, 0.25) is 0 Å². The fourth-order valence-electron chi connectivity index (χ4n) is 2.20. The van der Waals surface area contributed by atoms with Crippen LogP contribution < -0.4 is 0 Å². The standard InChI is InChI=1S/C16H10BrNO/c17-16-14-8-4-3-7-13(14)15(19-16)9-11-5-1-2-6-12(11)10-18/h1-8H,9H2. The van der Waals surface area contributed by atoms with Crippen LogP contribution in [0, 0.1) is 11.3 Å². The molecule has 2 aromatic carbocycles. The third-order valence-corrected chi connectivity index (χ3v) is 3.73. The number of hydrogen-bond donors (Lipinski definition) is 0. The second kappa shape index (κ2) is 4.91. The molecule has 0 spiro atoms. The zero-order chi connectivity index (χ0) is 13.2. The zero-order valence-electron chi connectivity index (χ0n) is 10.1. The molecule has 0 saturated heterocycles. The van der Waals surface area contributed by atoms with Crippen molar-refractivity contribution in [2.24, 2.45) is 0 Å². The first kappa shape index (κ1) is 12.0. The molecule has 0 aliphatic carbocycles. The Balaban J connectivity index is 2.09. The van der Waals surface area contributed by atoms with Crippen molar-refractivity contribution in [3.63, 3.8) is 0 Å². The van der Waals surface area contributed by atoms with E-state index in [1.54, 1.807) is 0 Å². The highest BCUT2D eigenvalue weighted by Gasteiger charge is 2.12. The van der Waals surface area contributed by atoms with E-state index in [-0.39, 0.29) is 0 Å². The lowest BCUT2D eigenvalue weighted by Crippen LogP contribution is -1.90. The normalized spacial score (nSPS) is 10.5. The van der Waals surface area contributed by atoms with Crippen LogP contribution in [-0.2, 0) is 6.42 Å². The minimum atomic E-state index is 0.621. The number of rotatable bonds is 2. The lowest BCUT2D eigenvalue weighted by molar-refractivity contribution is 0.504. The van der Waals surface area contributed by atoms with E-state index in [4.69, 9.17) is 9.68 Å². The average Bonchev–Trinajstić information content (AvgIpc) is 2.77. The van der Waals surface area contributed by atoms with Crippen LogP contribution in [0.3, 0.4) is 0 Å². The van der Waals surface area contributed by atoms with Crippen LogP contribution in [0.1, 0.15) is 16.9 Å². The van der Waals surface area contributed by atoms with E-state index in [1.807, 2.05) is 48.5 Å². The predicted octanol–water partition coefficient (Wildman–Crippen LogP) is 4.66. The molecule has 0 N–H and O–H groups in total. The molecule has 3 aromatic rings. The molecule has 0 saturated carbocycles. The topological polar surface area (TPSA) is 36.9 Å². The first-order valence-corrected chi connectivity index (χ1v) is 6.73. The van der Waals surface area contributed by atoms with Gasteiger partial charge in [-0.15, -0.1) is 0 Å². The van der Waals surface area contributed by atoms with Gasteiger partial charge in [-0.3, -0.25) is 0 Å². The number of nitriles is 1.